The van der Waals surface area contributed by atoms with Gasteiger partial charge in [-0.1, -0.05) is 57.8 Å². The van der Waals surface area contributed by atoms with Crippen LogP contribution in [0, 0.1) is 28.6 Å². The Kier molecular flexibility index (Phi) is 4.52. The van der Waals surface area contributed by atoms with E-state index in [1.165, 1.54) is 12.0 Å². The average Bonchev–Trinajstić information content (AvgIpc) is 3.44. The first-order valence-electron chi connectivity index (χ1n) is 15.1. The first-order chi connectivity index (χ1) is 16.7. The van der Waals surface area contributed by atoms with E-state index in [1.54, 1.807) is 0 Å². The molecule has 168 valence electrons. The zero-order chi connectivity index (χ0) is 26.5. The molecule has 4 saturated carbocycles. The molecule has 0 saturated heterocycles. The van der Waals surface area contributed by atoms with E-state index < -0.39 is 31.9 Å². The summed E-state index contributed by atoms with van der Waals surface area (Å²) in [5.41, 5.74) is 3.18. The Hall–Kier alpha value is -0.890. The predicted molar refractivity (Wildman–Crippen MR) is 124 cm³/mol. The van der Waals surface area contributed by atoms with Gasteiger partial charge < -0.3 is 5.11 Å². The molecule has 0 aromatic carbocycles. The molecule has 4 aliphatic carbocycles. The summed E-state index contributed by atoms with van der Waals surface area (Å²) in [7, 11) is 0. The van der Waals surface area contributed by atoms with Gasteiger partial charge in [0.1, 0.15) is 6.17 Å². The van der Waals surface area contributed by atoms with Crippen molar-refractivity contribution in [3.8, 4) is 0 Å². The molecule has 0 unspecified atom stereocenters. The fourth-order valence-electron chi connectivity index (χ4n) is 7.27. The van der Waals surface area contributed by atoms with Crippen LogP contribution in [0.1, 0.15) is 106 Å². The van der Waals surface area contributed by atoms with Crippen molar-refractivity contribution in [3.05, 3.63) is 35.5 Å². The zero-order valence-corrected chi connectivity index (χ0v) is 18.6. The van der Waals surface area contributed by atoms with Gasteiger partial charge in [-0.15, -0.1) is 0 Å². The monoisotopic (exact) mass is 420 g/mol. The van der Waals surface area contributed by atoms with Crippen molar-refractivity contribution in [2.75, 3.05) is 0 Å². The molecule has 0 bridgehead atoms. The number of halogens is 1. The van der Waals surface area contributed by atoms with E-state index in [4.69, 9.17) is 8.22 Å². The largest absolute Gasteiger partial charge is 0.393 e. The number of hydrogen-bond acceptors (Lipinski definition) is 1. The molecule has 0 aliphatic heterocycles. The van der Waals surface area contributed by atoms with Crippen LogP contribution in [0.4, 0.5) is 4.39 Å². The SMILES string of the molecule is [2H]C([2H])([2H])C(CCCC1([C@H]2CC[C@H]3/C(=C/C=C4/C[C@@H](O)C[C@H](F)C4=C)CCC[C@]23C)CC1)C([2H])([2H])[2H]. The minimum Gasteiger partial charge on any atom is -0.393 e. The van der Waals surface area contributed by atoms with E-state index in [1.807, 2.05) is 6.08 Å². The van der Waals surface area contributed by atoms with E-state index in [2.05, 4.69) is 19.6 Å². The molecular formula is C28H43FO. The van der Waals surface area contributed by atoms with Crippen molar-refractivity contribution in [3.63, 3.8) is 0 Å². The van der Waals surface area contributed by atoms with Crippen LogP contribution in [-0.4, -0.2) is 17.4 Å². The number of allylic oxidation sites excluding steroid dienone is 4. The van der Waals surface area contributed by atoms with Gasteiger partial charge in [0.25, 0.3) is 0 Å². The summed E-state index contributed by atoms with van der Waals surface area (Å²) in [5, 5.41) is 10.0. The topological polar surface area (TPSA) is 20.2 Å². The van der Waals surface area contributed by atoms with Crippen molar-refractivity contribution in [1.29, 1.82) is 0 Å². The summed E-state index contributed by atoms with van der Waals surface area (Å²) in [6.07, 6.45) is 12.8. The van der Waals surface area contributed by atoms with Gasteiger partial charge in [0.15, 0.2) is 0 Å². The van der Waals surface area contributed by atoms with Gasteiger partial charge in [-0.3, -0.25) is 0 Å². The molecule has 0 heterocycles. The normalized spacial score (nSPS) is 44.7. The minimum atomic E-state index is -2.45. The summed E-state index contributed by atoms with van der Waals surface area (Å²) in [6, 6.07) is 0. The van der Waals surface area contributed by atoms with Crippen molar-refractivity contribution in [2.45, 2.75) is 110 Å². The van der Waals surface area contributed by atoms with Gasteiger partial charge in [-0.2, -0.15) is 0 Å². The molecule has 0 aromatic heterocycles. The van der Waals surface area contributed by atoms with E-state index in [9.17, 15) is 9.50 Å². The van der Waals surface area contributed by atoms with Crippen LogP contribution in [0.2, 0.25) is 0 Å². The van der Waals surface area contributed by atoms with Crippen LogP contribution in [0.15, 0.2) is 35.5 Å². The van der Waals surface area contributed by atoms with Crippen LogP contribution in [0.25, 0.3) is 0 Å². The van der Waals surface area contributed by atoms with Crippen molar-refractivity contribution in [2.24, 2.45) is 28.6 Å². The van der Waals surface area contributed by atoms with Gasteiger partial charge in [-0.25, -0.2) is 4.39 Å². The highest BCUT2D eigenvalue weighted by molar-refractivity contribution is 5.39. The van der Waals surface area contributed by atoms with Crippen molar-refractivity contribution < 1.29 is 17.7 Å². The average molecular weight is 421 g/mol. The molecule has 0 aromatic rings. The number of aliphatic hydroxyl groups excluding tert-OH is 1. The van der Waals surface area contributed by atoms with Gasteiger partial charge in [0.05, 0.1) is 6.10 Å². The zero-order valence-electron chi connectivity index (χ0n) is 24.6. The number of hydrogen-bond donors (Lipinski definition) is 1. The maximum atomic E-state index is 14.2. The molecule has 4 rings (SSSR count). The Morgan fingerprint density at radius 3 is 2.80 bits per heavy atom. The van der Waals surface area contributed by atoms with E-state index >= 15 is 0 Å². The van der Waals surface area contributed by atoms with E-state index in [-0.39, 0.29) is 23.7 Å². The number of fused-ring (bicyclic) bond motifs is 1. The lowest BCUT2D eigenvalue weighted by Crippen LogP contribution is -2.37. The summed E-state index contributed by atoms with van der Waals surface area (Å²) in [5.74, 6) is -0.181. The predicted octanol–water partition coefficient (Wildman–Crippen LogP) is 7.71. The summed E-state index contributed by atoms with van der Waals surface area (Å²) >= 11 is 0. The number of aliphatic hydroxyl groups is 1. The Balaban J connectivity index is 1.45. The fraction of sp³-hybridized carbons (Fsp3) is 0.786. The van der Waals surface area contributed by atoms with E-state index in [0.717, 1.165) is 50.5 Å². The summed E-state index contributed by atoms with van der Waals surface area (Å²) in [6.45, 7) is 1.45. The highest BCUT2D eigenvalue weighted by Crippen LogP contribution is 2.70. The maximum Gasteiger partial charge on any atom is 0.127 e. The third kappa shape index (κ3) is 4.23. The Morgan fingerprint density at radius 2 is 2.07 bits per heavy atom. The summed E-state index contributed by atoms with van der Waals surface area (Å²) < 4.78 is 60.4. The molecule has 30 heavy (non-hydrogen) atoms. The van der Waals surface area contributed by atoms with Crippen LogP contribution < -0.4 is 0 Å². The smallest absolute Gasteiger partial charge is 0.127 e. The second-order valence-corrected chi connectivity index (χ2v) is 10.9. The van der Waals surface area contributed by atoms with Gasteiger partial charge >= 0.3 is 0 Å². The standard InChI is InChI=1S/C28H43FO/c1-19(2)7-5-14-28(15-16-28)26-12-11-24-21(8-6-13-27(24,26)4)9-10-22-17-23(30)18-25(29)20(22)3/h9-10,19,23-26,30H,3,5-8,11-18H2,1-2,4H3/b21-9+,22-10-/t23-,24+,25+,26+,27+/m1/s1/i1D3,2D3. The lowest BCUT2D eigenvalue weighted by molar-refractivity contribution is 0.0740. The second-order valence-electron chi connectivity index (χ2n) is 10.9. The molecule has 4 aliphatic rings. The molecule has 4 fully saturated rings. The molecule has 5 atom stereocenters. The van der Waals surface area contributed by atoms with Crippen LogP contribution >= 0.6 is 0 Å². The Labute approximate surface area is 192 Å². The van der Waals surface area contributed by atoms with Gasteiger partial charge in [0.2, 0.25) is 0 Å². The van der Waals surface area contributed by atoms with Crippen molar-refractivity contribution >= 4 is 0 Å². The summed E-state index contributed by atoms with van der Waals surface area (Å²) in [4.78, 5) is 0. The highest BCUT2D eigenvalue weighted by atomic mass is 19.1. The molecule has 1 N–H and O–H groups in total. The second kappa shape index (κ2) is 8.57. The molecule has 0 radical (unpaired) electrons. The van der Waals surface area contributed by atoms with Crippen molar-refractivity contribution in [1.82, 2.24) is 0 Å². The fourth-order valence-corrected chi connectivity index (χ4v) is 7.27. The number of alkyl halides is 1. The maximum absolute atomic E-state index is 14.2. The van der Waals surface area contributed by atoms with Crippen LogP contribution in [0.3, 0.4) is 0 Å². The molecule has 2 heteroatoms. The highest BCUT2D eigenvalue weighted by Gasteiger charge is 2.60. The van der Waals surface area contributed by atoms with Crippen LogP contribution in [-0.2, 0) is 0 Å². The molecule has 0 spiro atoms. The lowest BCUT2D eigenvalue weighted by atomic mass is 9.59. The number of rotatable bonds is 6. The lowest BCUT2D eigenvalue weighted by Gasteiger charge is -2.45. The quantitative estimate of drug-likeness (QED) is 0.466. The molecular weight excluding hydrogens is 371 g/mol. The first kappa shape index (κ1) is 15.8. The Bertz CT molecular complexity index is 885. The van der Waals surface area contributed by atoms with Gasteiger partial charge in [-0.05, 0) is 97.5 Å². The third-order valence-corrected chi connectivity index (χ3v) is 8.99. The van der Waals surface area contributed by atoms with Gasteiger partial charge in [0, 0.05) is 14.6 Å². The first-order valence-corrected chi connectivity index (χ1v) is 12.1. The van der Waals surface area contributed by atoms with Crippen LogP contribution in [0.5, 0.6) is 0 Å². The third-order valence-electron chi connectivity index (χ3n) is 8.99. The molecule has 1 nitrogen and oxygen atoms in total. The molecule has 0 amide bonds. The van der Waals surface area contributed by atoms with E-state index in [0.29, 0.717) is 30.3 Å². The minimum absolute atomic E-state index is 0.136. The Morgan fingerprint density at radius 1 is 1.27 bits per heavy atom.